The van der Waals surface area contributed by atoms with Gasteiger partial charge in [-0.3, -0.25) is 9.59 Å². The Bertz CT molecular complexity index is 931. The number of hydrogen-bond donors (Lipinski definition) is 0. The van der Waals surface area contributed by atoms with Crippen LogP contribution in [0.3, 0.4) is 0 Å². The third-order valence-corrected chi connectivity index (χ3v) is 6.10. The van der Waals surface area contributed by atoms with E-state index >= 15 is 0 Å². The summed E-state index contributed by atoms with van der Waals surface area (Å²) in [4.78, 5) is 31.8. The lowest BCUT2D eigenvalue weighted by molar-refractivity contribution is -0.135. The molecule has 2 saturated heterocycles. The number of amides is 2. The van der Waals surface area contributed by atoms with Gasteiger partial charge in [-0.2, -0.15) is 0 Å². The van der Waals surface area contributed by atoms with Crippen molar-refractivity contribution in [3.8, 4) is 11.5 Å². The second-order valence-corrected chi connectivity index (χ2v) is 7.94. The maximum Gasteiger partial charge on any atom is 0.228 e. The maximum atomic E-state index is 13.2. The van der Waals surface area contributed by atoms with Crippen LogP contribution in [-0.2, 0) is 9.59 Å². The summed E-state index contributed by atoms with van der Waals surface area (Å²) in [7, 11) is 3.25. The van der Waals surface area contributed by atoms with Gasteiger partial charge >= 0.3 is 0 Å². The number of benzene rings is 2. The Hall–Kier alpha value is -3.22. The molecule has 0 aromatic heterocycles. The van der Waals surface area contributed by atoms with E-state index in [1.165, 1.54) is 0 Å². The molecule has 7 heteroatoms. The standard InChI is InChI=1S/C24H29N3O4/c1-30-20-10-8-19(9-11-20)25-12-5-13-26(15-14-25)24(29)18-16-23(28)27(17-18)21-6-3-4-7-22(21)31-2/h3-4,6-11,18H,5,12-17H2,1-2H3. The topological polar surface area (TPSA) is 62.3 Å². The van der Waals surface area contributed by atoms with E-state index < -0.39 is 0 Å². The summed E-state index contributed by atoms with van der Waals surface area (Å²) in [6.45, 7) is 3.44. The lowest BCUT2D eigenvalue weighted by Crippen LogP contribution is -2.40. The monoisotopic (exact) mass is 423 g/mol. The first-order chi connectivity index (χ1) is 15.1. The van der Waals surface area contributed by atoms with Crippen molar-refractivity contribution in [2.24, 2.45) is 5.92 Å². The molecule has 2 heterocycles. The molecule has 1 atom stereocenters. The first-order valence-corrected chi connectivity index (χ1v) is 10.7. The summed E-state index contributed by atoms with van der Waals surface area (Å²) in [5.74, 6) is 1.21. The minimum atomic E-state index is -0.315. The van der Waals surface area contributed by atoms with Gasteiger partial charge in [0, 0.05) is 44.8 Å². The van der Waals surface area contributed by atoms with E-state index in [0.29, 0.717) is 25.4 Å². The van der Waals surface area contributed by atoms with Crippen LogP contribution in [0.1, 0.15) is 12.8 Å². The van der Waals surface area contributed by atoms with Crippen molar-refractivity contribution in [3.63, 3.8) is 0 Å². The molecule has 0 aliphatic carbocycles. The molecule has 31 heavy (non-hydrogen) atoms. The Morgan fingerprint density at radius 1 is 0.935 bits per heavy atom. The number of methoxy groups -OCH3 is 2. The summed E-state index contributed by atoms with van der Waals surface area (Å²) in [5, 5.41) is 0. The van der Waals surface area contributed by atoms with Crippen molar-refractivity contribution in [1.29, 1.82) is 0 Å². The molecular formula is C24H29N3O4. The van der Waals surface area contributed by atoms with E-state index in [0.717, 1.165) is 36.6 Å². The minimum absolute atomic E-state index is 0.0301. The molecule has 1 unspecified atom stereocenters. The summed E-state index contributed by atoms with van der Waals surface area (Å²) >= 11 is 0. The fourth-order valence-electron chi connectivity index (χ4n) is 4.41. The van der Waals surface area contributed by atoms with Crippen molar-refractivity contribution in [1.82, 2.24) is 4.90 Å². The van der Waals surface area contributed by atoms with Gasteiger partial charge in [-0.1, -0.05) is 12.1 Å². The molecule has 2 aliphatic rings. The quantitative estimate of drug-likeness (QED) is 0.740. The van der Waals surface area contributed by atoms with Gasteiger partial charge in [-0.15, -0.1) is 0 Å². The summed E-state index contributed by atoms with van der Waals surface area (Å²) in [6, 6.07) is 15.5. The van der Waals surface area contributed by atoms with E-state index in [1.54, 1.807) is 19.1 Å². The highest BCUT2D eigenvalue weighted by atomic mass is 16.5. The molecule has 0 saturated carbocycles. The maximum absolute atomic E-state index is 13.2. The zero-order chi connectivity index (χ0) is 21.8. The largest absolute Gasteiger partial charge is 0.497 e. The van der Waals surface area contributed by atoms with Gasteiger partial charge in [0.1, 0.15) is 11.5 Å². The zero-order valence-corrected chi connectivity index (χ0v) is 18.1. The average Bonchev–Trinajstić information content (AvgIpc) is 3.03. The number of rotatable bonds is 5. The van der Waals surface area contributed by atoms with Crippen LogP contribution in [0.15, 0.2) is 48.5 Å². The van der Waals surface area contributed by atoms with Crippen LogP contribution in [0.5, 0.6) is 11.5 Å². The molecule has 0 bridgehead atoms. The van der Waals surface area contributed by atoms with Crippen LogP contribution < -0.4 is 19.3 Å². The Kier molecular flexibility index (Phi) is 6.30. The summed E-state index contributed by atoms with van der Waals surface area (Å²) < 4.78 is 10.6. The number of ether oxygens (including phenoxy) is 2. The fourth-order valence-corrected chi connectivity index (χ4v) is 4.41. The van der Waals surface area contributed by atoms with Crippen LogP contribution in [0.25, 0.3) is 0 Å². The lowest BCUT2D eigenvalue weighted by Gasteiger charge is -2.25. The van der Waals surface area contributed by atoms with Crippen LogP contribution >= 0.6 is 0 Å². The first-order valence-electron chi connectivity index (χ1n) is 10.7. The van der Waals surface area contributed by atoms with Gasteiger partial charge in [0.05, 0.1) is 25.8 Å². The molecule has 2 aliphatic heterocycles. The van der Waals surface area contributed by atoms with E-state index in [2.05, 4.69) is 17.0 Å². The zero-order valence-electron chi connectivity index (χ0n) is 18.1. The molecular weight excluding hydrogens is 394 g/mol. The number of nitrogens with zero attached hydrogens (tertiary/aromatic N) is 3. The van der Waals surface area contributed by atoms with Gasteiger partial charge in [0.15, 0.2) is 0 Å². The summed E-state index contributed by atoms with van der Waals surface area (Å²) in [6.07, 6.45) is 1.14. The molecule has 2 fully saturated rings. The van der Waals surface area contributed by atoms with E-state index in [4.69, 9.17) is 9.47 Å². The van der Waals surface area contributed by atoms with E-state index in [-0.39, 0.29) is 24.2 Å². The van der Waals surface area contributed by atoms with Crippen LogP contribution in [0, 0.1) is 5.92 Å². The smallest absolute Gasteiger partial charge is 0.228 e. The molecule has 2 amide bonds. The number of carbonyl (C=O) groups excluding carboxylic acids is 2. The van der Waals surface area contributed by atoms with Crippen molar-refractivity contribution in [3.05, 3.63) is 48.5 Å². The lowest BCUT2D eigenvalue weighted by atomic mass is 10.1. The second kappa shape index (κ2) is 9.29. The normalized spacial score (nSPS) is 19.4. The minimum Gasteiger partial charge on any atom is -0.497 e. The van der Waals surface area contributed by atoms with Crippen molar-refractivity contribution in [2.45, 2.75) is 12.8 Å². The van der Waals surface area contributed by atoms with Crippen LogP contribution in [0.4, 0.5) is 11.4 Å². The molecule has 2 aromatic rings. The van der Waals surface area contributed by atoms with Crippen molar-refractivity contribution >= 4 is 23.2 Å². The van der Waals surface area contributed by atoms with Gasteiger partial charge in [0.2, 0.25) is 11.8 Å². The third-order valence-electron chi connectivity index (χ3n) is 6.10. The average molecular weight is 424 g/mol. The molecule has 164 valence electrons. The highest BCUT2D eigenvalue weighted by Gasteiger charge is 2.38. The molecule has 0 radical (unpaired) electrons. The van der Waals surface area contributed by atoms with Gasteiger partial charge < -0.3 is 24.2 Å². The van der Waals surface area contributed by atoms with Gasteiger partial charge in [-0.05, 0) is 42.8 Å². The molecule has 0 spiro atoms. The fraction of sp³-hybridized carbons (Fsp3) is 0.417. The van der Waals surface area contributed by atoms with Gasteiger partial charge in [-0.25, -0.2) is 0 Å². The Balaban J connectivity index is 1.40. The van der Waals surface area contributed by atoms with Crippen LogP contribution in [-0.4, -0.2) is 63.7 Å². The van der Waals surface area contributed by atoms with Crippen LogP contribution in [0.2, 0.25) is 0 Å². The molecule has 7 nitrogen and oxygen atoms in total. The molecule has 4 rings (SSSR count). The number of para-hydroxylation sites is 2. The highest BCUT2D eigenvalue weighted by molar-refractivity contribution is 6.01. The second-order valence-electron chi connectivity index (χ2n) is 7.94. The predicted octanol–water partition coefficient (Wildman–Crippen LogP) is 2.80. The highest BCUT2D eigenvalue weighted by Crippen LogP contribution is 2.33. The SMILES string of the molecule is COc1ccc(N2CCCN(C(=O)C3CC(=O)N(c4ccccc4OC)C3)CC2)cc1. The Labute approximate surface area is 183 Å². The van der Waals surface area contributed by atoms with Crippen molar-refractivity contribution in [2.75, 3.05) is 56.7 Å². The van der Waals surface area contributed by atoms with Crippen molar-refractivity contribution < 1.29 is 19.1 Å². The number of hydrogen-bond acceptors (Lipinski definition) is 5. The molecule has 0 N–H and O–H groups in total. The molecule has 2 aromatic carbocycles. The Morgan fingerprint density at radius 2 is 1.71 bits per heavy atom. The van der Waals surface area contributed by atoms with E-state index in [9.17, 15) is 9.59 Å². The third kappa shape index (κ3) is 4.45. The number of anilines is 2. The summed E-state index contributed by atoms with van der Waals surface area (Å²) in [5.41, 5.74) is 1.86. The van der Waals surface area contributed by atoms with Gasteiger partial charge in [0.25, 0.3) is 0 Å². The Morgan fingerprint density at radius 3 is 2.45 bits per heavy atom. The predicted molar refractivity (Wildman–Crippen MR) is 120 cm³/mol. The van der Waals surface area contributed by atoms with E-state index in [1.807, 2.05) is 41.3 Å². The first kappa shape index (κ1) is 21.0. The number of carbonyl (C=O) groups is 2.